The quantitative estimate of drug-likeness (QED) is 0.503. The Balaban J connectivity index is 1.78. The van der Waals surface area contributed by atoms with Crippen molar-refractivity contribution in [2.45, 2.75) is 6.42 Å². The van der Waals surface area contributed by atoms with Gasteiger partial charge in [-0.05, 0) is 11.6 Å². The number of aromatic nitrogens is 1. The summed E-state index contributed by atoms with van der Waals surface area (Å²) < 4.78 is 13.5. The second kappa shape index (κ2) is 7.73. The summed E-state index contributed by atoms with van der Waals surface area (Å²) in [4.78, 5) is 0. The summed E-state index contributed by atoms with van der Waals surface area (Å²) >= 11 is 0. The minimum atomic E-state index is -0.0563. The standard InChI is InChI=1S/C23H17N3O2/c24-11-13-27-18-14-22(28-12-10-17-6-2-1-3-7-17)23-20(15-25)19-8-4-5-9-21(19)26(23)16-18/h1-9,14,16H,10,12-13H2. The fraction of sp³-hybridized carbons (Fsp3) is 0.130. The summed E-state index contributed by atoms with van der Waals surface area (Å²) in [6.07, 6.45) is 2.54. The molecule has 0 aliphatic rings. The number of hydrogen-bond donors (Lipinski definition) is 0. The molecule has 0 saturated heterocycles. The molecule has 0 aliphatic heterocycles. The molecule has 0 radical (unpaired) electrons. The van der Waals surface area contributed by atoms with Crippen LogP contribution in [0.5, 0.6) is 11.5 Å². The van der Waals surface area contributed by atoms with Gasteiger partial charge in [-0.25, -0.2) is 0 Å². The molecule has 4 rings (SSSR count). The van der Waals surface area contributed by atoms with Crippen LogP contribution in [0.2, 0.25) is 0 Å². The molecule has 5 heteroatoms. The number of para-hydroxylation sites is 1. The summed E-state index contributed by atoms with van der Waals surface area (Å²) in [5.74, 6) is 1.09. The van der Waals surface area contributed by atoms with Gasteiger partial charge in [0.2, 0.25) is 0 Å². The zero-order valence-electron chi connectivity index (χ0n) is 15.1. The highest BCUT2D eigenvalue weighted by molar-refractivity contribution is 5.97. The SMILES string of the molecule is N#CCOc1cc(OCCc2ccccc2)c2c(C#N)c3ccccc3n2c1. The largest absolute Gasteiger partial charge is 0.491 e. The summed E-state index contributed by atoms with van der Waals surface area (Å²) in [6, 6.07) is 23.8. The topological polar surface area (TPSA) is 70.4 Å². The molecule has 0 N–H and O–H groups in total. The molecule has 0 fully saturated rings. The van der Waals surface area contributed by atoms with Gasteiger partial charge in [0.15, 0.2) is 6.61 Å². The number of ether oxygens (including phenoxy) is 2. The smallest absolute Gasteiger partial charge is 0.174 e. The zero-order valence-corrected chi connectivity index (χ0v) is 15.1. The van der Waals surface area contributed by atoms with Crippen LogP contribution in [-0.4, -0.2) is 17.6 Å². The minimum absolute atomic E-state index is 0.0563. The molecule has 0 aliphatic carbocycles. The molecule has 2 heterocycles. The Kier molecular flexibility index (Phi) is 4.82. The fourth-order valence-corrected chi connectivity index (χ4v) is 3.34. The van der Waals surface area contributed by atoms with Crippen LogP contribution in [0.25, 0.3) is 16.4 Å². The Bertz CT molecular complexity index is 1210. The van der Waals surface area contributed by atoms with Gasteiger partial charge in [-0.3, -0.25) is 0 Å². The summed E-state index contributed by atoms with van der Waals surface area (Å²) in [5.41, 5.74) is 3.35. The van der Waals surface area contributed by atoms with Crippen LogP contribution in [0.3, 0.4) is 0 Å². The zero-order chi connectivity index (χ0) is 19.3. The summed E-state index contributed by atoms with van der Waals surface area (Å²) in [6.45, 7) is 0.410. The van der Waals surface area contributed by atoms with E-state index in [-0.39, 0.29) is 6.61 Å². The minimum Gasteiger partial charge on any atom is -0.491 e. The lowest BCUT2D eigenvalue weighted by Crippen LogP contribution is -2.04. The molecule has 0 amide bonds. The third-order valence-corrected chi connectivity index (χ3v) is 4.58. The lowest BCUT2D eigenvalue weighted by molar-refractivity contribution is 0.318. The Labute approximate surface area is 162 Å². The van der Waals surface area contributed by atoms with Crippen molar-refractivity contribution in [3.05, 3.63) is 78.0 Å². The van der Waals surface area contributed by atoms with Crippen LogP contribution in [0.1, 0.15) is 11.1 Å². The maximum atomic E-state index is 9.77. The van der Waals surface area contributed by atoms with E-state index >= 15 is 0 Å². The van der Waals surface area contributed by atoms with Gasteiger partial charge in [-0.1, -0.05) is 48.5 Å². The third-order valence-electron chi connectivity index (χ3n) is 4.58. The van der Waals surface area contributed by atoms with Crippen LogP contribution < -0.4 is 9.47 Å². The van der Waals surface area contributed by atoms with Crippen molar-refractivity contribution in [3.8, 4) is 23.6 Å². The van der Waals surface area contributed by atoms with E-state index in [0.29, 0.717) is 29.2 Å². The number of hydrogen-bond acceptors (Lipinski definition) is 4. The summed E-state index contributed by atoms with van der Waals surface area (Å²) in [5, 5.41) is 19.5. The van der Waals surface area contributed by atoms with Gasteiger partial charge < -0.3 is 13.9 Å². The van der Waals surface area contributed by atoms with Gasteiger partial charge in [-0.15, -0.1) is 0 Å². The first-order valence-corrected chi connectivity index (χ1v) is 8.95. The average Bonchev–Trinajstić information content (AvgIpc) is 3.07. The van der Waals surface area contributed by atoms with Gasteiger partial charge in [0.25, 0.3) is 0 Å². The first-order valence-electron chi connectivity index (χ1n) is 8.95. The van der Waals surface area contributed by atoms with Crippen LogP contribution >= 0.6 is 0 Å². The van der Waals surface area contributed by atoms with Crippen molar-refractivity contribution in [1.82, 2.24) is 4.40 Å². The normalized spacial score (nSPS) is 10.5. The molecule has 0 atom stereocenters. The molecule has 0 spiro atoms. The molecule has 4 aromatic rings. The molecule has 136 valence electrons. The van der Waals surface area contributed by atoms with E-state index < -0.39 is 0 Å². The second-order valence-electron chi connectivity index (χ2n) is 6.29. The van der Waals surface area contributed by atoms with Crippen molar-refractivity contribution in [3.63, 3.8) is 0 Å². The Morgan fingerprint density at radius 1 is 0.929 bits per heavy atom. The number of pyridine rings is 1. The molecule has 2 aromatic carbocycles. The van der Waals surface area contributed by atoms with Gasteiger partial charge in [0.05, 0.1) is 23.9 Å². The highest BCUT2D eigenvalue weighted by atomic mass is 16.5. The van der Waals surface area contributed by atoms with E-state index in [1.807, 2.05) is 52.9 Å². The maximum absolute atomic E-state index is 9.77. The van der Waals surface area contributed by atoms with Crippen LogP contribution in [0, 0.1) is 22.7 Å². The van der Waals surface area contributed by atoms with E-state index in [1.165, 1.54) is 5.56 Å². The molecule has 5 nitrogen and oxygen atoms in total. The third kappa shape index (κ3) is 3.22. The lowest BCUT2D eigenvalue weighted by atomic mass is 10.1. The van der Waals surface area contributed by atoms with E-state index in [0.717, 1.165) is 17.3 Å². The molecule has 0 saturated carbocycles. The van der Waals surface area contributed by atoms with Crippen molar-refractivity contribution < 1.29 is 9.47 Å². The predicted molar refractivity (Wildman–Crippen MR) is 106 cm³/mol. The predicted octanol–water partition coefficient (Wildman–Crippen LogP) is 4.49. The highest BCUT2D eigenvalue weighted by Crippen LogP contribution is 2.35. The average molecular weight is 367 g/mol. The highest BCUT2D eigenvalue weighted by Gasteiger charge is 2.17. The number of benzene rings is 2. The van der Waals surface area contributed by atoms with Crippen molar-refractivity contribution in [2.75, 3.05) is 13.2 Å². The van der Waals surface area contributed by atoms with Gasteiger partial charge in [0, 0.05) is 17.9 Å². The summed E-state index contributed by atoms with van der Waals surface area (Å²) in [7, 11) is 0. The van der Waals surface area contributed by atoms with E-state index in [1.54, 1.807) is 12.3 Å². The van der Waals surface area contributed by atoms with Crippen LogP contribution in [0.15, 0.2) is 66.9 Å². The number of rotatable bonds is 6. The first kappa shape index (κ1) is 17.5. The van der Waals surface area contributed by atoms with E-state index in [9.17, 15) is 5.26 Å². The first-order chi connectivity index (χ1) is 13.8. The maximum Gasteiger partial charge on any atom is 0.174 e. The van der Waals surface area contributed by atoms with Crippen molar-refractivity contribution >= 4 is 16.4 Å². The Morgan fingerprint density at radius 2 is 1.71 bits per heavy atom. The van der Waals surface area contributed by atoms with Crippen molar-refractivity contribution in [2.24, 2.45) is 0 Å². The van der Waals surface area contributed by atoms with Gasteiger partial charge in [-0.2, -0.15) is 10.5 Å². The molecule has 28 heavy (non-hydrogen) atoms. The molecule has 0 bridgehead atoms. The Hall–Kier alpha value is -3.96. The van der Waals surface area contributed by atoms with Gasteiger partial charge in [0.1, 0.15) is 29.2 Å². The molecule has 2 aromatic heterocycles. The number of nitrogens with zero attached hydrogens (tertiary/aromatic N) is 3. The second-order valence-corrected chi connectivity index (χ2v) is 6.29. The van der Waals surface area contributed by atoms with Crippen LogP contribution in [-0.2, 0) is 6.42 Å². The number of nitriles is 2. The van der Waals surface area contributed by atoms with E-state index in [4.69, 9.17) is 14.7 Å². The molecular formula is C23H17N3O2. The van der Waals surface area contributed by atoms with Crippen LogP contribution in [0.4, 0.5) is 0 Å². The number of fused-ring (bicyclic) bond motifs is 3. The fourth-order valence-electron chi connectivity index (χ4n) is 3.34. The van der Waals surface area contributed by atoms with Gasteiger partial charge >= 0.3 is 0 Å². The molecular weight excluding hydrogens is 350 g/mol. The monoisotopic (exact) mass is 367 g/mol. The van der Waals surface area contributed by atoms with E-state index in [2.05, 4.69) is 18.2 Å². The Morgan fingerprint density at radius 3 is 2.50 bits per heavy atom. The van der Waals surface area contributed by atoms with Crippen molar-refractivity contribution in [1.29, 1.82) is 10.5 Å². The molecule has 0 unspecified atom stereocenters. The lowest BCUT2D eigenvalue weighted by Gasteiger charge is -2.12.